The summed E-state index contributed by atoms with van der Waals surface area (Å²) in [6, 6.07) is 15.2. The highest BCUT2D eigenvalue weighted by Crippen LogP contribution is 2.22. The Morgan fingerprint density at radius 2 is 1.65 bits per heavy atom. The molecule has 23 heavy (non-hydrogen) atoms. The lowest BCUT2D eigenvalue weighted by molar-refractivity contribution is -0.120. The summed E-state index contributed by atoms with van der Waals surface area (Å²) in [6.07, 6.45) is 0.281. The summed E-state index contributed by atoms with van der Waals surface area (Å²) < 4.78 is 26.3. The van der Waals surface area contributed by atoms with E-state index in [1.54, 1.807) is 54.6 Å². The molecule has 0 spiro atoms. The molecule has 0 aliphatic rings. The van der Waals surface area contributed by atoms with E-state index in [-0.39, 0.29) is 17.2 Å². The first kappa shape index (κ1) is 17.0. The van der Waals surface area contributed by atoms with Gasteiger partial charge in [0.15, 0.2) is 0 Å². The molecule has 122 valence electrons. The van der Waals surface area contributed by atoms with Crippen molar-refractivity contribution in [1.82, 2.24) is 5.32 Å². The van der Waals surface area contributed by atoms with Gasteiger partial charge in [-0.3, -0.25) is 9.10 Å². The van der Waals surface area contributed by atoms with E-state index in [1.807, 2.05) is 6.92 Å². The summed E-state index contributed by atoms with van der Waals surface area (Å²) in [5.41, 5.74) is 1.39. The molecule has 2 rings (SSSR count). The van der Waals surface area contributed by atoms with Crippen LogP contribution < -0.4 is 9.62 Å². The molecule has 1 N–H and O–H groups in total. The quantitative estimate of drug-likeness (QED) is 0.882. The van der Waals surface area contributed by atoms with Crippen molar-refractivity contribution in [1.29, 1.82) is 0 Å². The van der Waals surface area contributed by atoms with Crippen molar-refractivity contribution in [2.24, 2.45) is 0 Å². The normalized spacial score (nSPS) is 11.0. The van der Waals surface area contributed by atoms with Gasteiger partial charge in [-0.25, -0.2) is 8.42 Å². The summed E-state index contributed by atoms with van der Waals surface area (Å²) in [4.78, 5) is 11.8. The maximum atomic E-state index is 12.5. The molecule has 0 bridgehead atoms. The molecule has 0 aliphatic heterocycles. The Morgan fingerprint density at radius 3 is 2.22 bits per heavy atom. The molecule has 1 amide bonds. The van der Waals surface area contributed by atoms with Gasteiger partial charge in [0, 0.05) is 13.6 Å². The molecule has 2 aromatic carbocycles. The Balaban J connectivity index is 2.17. The predicted octanol–water partition coefficient (Wildman–Crippen LogP) is 2.19. The van der Waals surface area contributed by atoms with Gasteiger partial charge in [-0.2, -0.15) is 0 Å². The molecule has 0 saturated carbocycles. The molecular weight excluding hydrogens is 312 g/mol. The van der Waals surface area contributed by atoms with Crippen molar-refractivity contribution in [3.63, 3.8) is 0 Å². The van der Waals surface area contributed by atoms with Gasteiger partial charge in [0.25, 0.3) is 10.0 Å². The van der Waals surface area contributed by atoms with E-state index < -0.39 is 10.0 Å². The molecule has 0 unspecified atom stereocenters. The zero-order valence-electron chi connectivity index (χ0n) is 13.2. The van der Waals surface area contributed by atoms with Crippen molar-refractivity contribution in [2.75, 3.05) is 17.9 Å². The van der Waals surface area contributed by atoms with Crippen molar-refractivity contribution in [2.45, 2.75) is 18.2 Å². The summed E-state index contributed by atoms with van der Waals surface area (Å²) in [6.45, 7) is 2.46. The molecule has 0 aromatic heterocycles. The predicted molar refractivity (Wildman–Crippen MR) is 90.9 cm³/mol. The second-order valence-corrected chi connectivity index (χ2v) is 7.05. The van der Waals surface area contributed by atoms with Gasteiger partial charge in [0.1, 0.15) is 0 Å². The zero-order chi connectivity index (χ0) is 16.9. The Morgan fingerprint density at radius 1 is 1.04 bits per heavy atom. The average molecular weight is 332 g/mol. The van der Waals surface area contributed by atoms with E-state index in [9.17, 15) is 13.2 Å². The molecular formula is C17H20N2O3S. The second-order valence-electron chi connectivity index (χ2n) is 5.08. The van der Waals surface area contributed by atoms with Gasteiger partial charge < -0.3 is 5.32 Å². The van der Waals surface area contributed by atoms with Crippen LogP contribution in [0.1, 0.15) is 12.5 Å². The monoisotopic (exact) mass is 332 g/mol. The third kappa shape index (κ3) is 4.10. The molecule has 0 aliphatic carbocycles. The van der Waals surface area contributed by atoms with Crippen LogP contribution in [0.25, 0.3) is 0 Å². The molecule has 0 atom stereocenters. The Hall–Kier alpha value is -2.34. The van der Waals surface area contributed by atoms with Gasteiger partial charge in [0.2, 0.25) is 5.91 Å². The average Bonchev–Trinajstić information content (AvgIpc) is 2.56. The lowest BCUT2D eigenvalue weighted by atomic mass is 10.1. The number of anilines is 1. The number of carbonyl (C=O) groups excluding carboxylic acids is 1. The van der Waals surface area contributed by atoms with Gasteiger partial charge in [-0.1, -0.05) is 30.3 Å². The lowest BCUT2D eigenvalue weighted by Crippen LogP contribution is -2.26. The minimum Gasteiger partial charge on any atom is -0.356 e. The largest absolute Gasteiger partial charge is 0.356 e. The molecule has 5 nitrogen and oxygen atoms in total. The third-order valence-corrected chi connectivity index (χ3v) is 5.24. The van der Waals surface area contributed by atoms with Gasteiger partial charge >= 0.3 is 0 Å². The van der Waals surface area contributed by atoms with E-state index in [4.69, 9.17) is 0 Å². The summed E-state index contributed by atoms with van der Waals surface area (Å²) in [7, 11) is -2.07. The minimum atomic E-state index is -3.58. The van der Waals surface area contributed by atoms with Gasteiger partial charge in [-0.15, -0.1) is 0 Å². The van der Waals surface area contributed by atoms with E-state index in [1.165, 1.54) is 11.4 Å². The van der Waals surface area contributed by atoms with Gasteiger partial charge in [0.05, 0.1) is 17.0 Å². The van der Waals surface area contributed by atoms with E-state index >= 15 is 0 Å². The Labute approximate surface area is 137 Å². The van der Waals surface area contributed by atoms with Crippen LogP contribution in [-0.4, -0.2) is 27.9 Å². The first-order chi connectivity index (χ1) is 10.9. The molecule has 0 saturated heterocycles. The van der Waals surface area contributed by atoms with Crippen molar-refractivity contribution >= 4 is 21.6 Å². The number of hydrogen-bond donors (Lipinski definition) is 1. The summed E-state index contributed by atoms with van der Waals surface area (Å²) in [5, 5.41) is 2.73. The SMILES string of the molecule is CCNC(=O)Cc1ccc(N(C)S(=O)(=O)c2ccccc2)cc1. The van der Waals surface area contributed by atoms with Gasteiger partial charge in [-0.05, 0) is 36.8 Å². The first-order valence-corrected chi connectivity index (χ1v) is 8.78. The van der Waals surface area contributed by atoms with Crippen LogP contribution in [0.2, 0.25) is 0 Å². The standard InChI is InChI=1S/C17H20N2O3S/c1-3-18-17(20)13-14-9-11-15(12-10-14)19(2)23(21,22)16-7-5-4-6-8-16/h4-12H,3,13H2,1-2H3,(H,18,20). The maximum absolute atomic E-state index is 12.5. The Kier molecular flexibility index (Phi) is 5.39. The number of likely N-dealkylation sites (N-methyl/N-ethyl adjacent to an activating group) is 1. The lowest BCUT2D eigenvalue weighted by Gasteiger charge is -2.19. The number of carbonyl (C=O) groups is 1. The van der Waals surface area contributed by atoms with Crippen LogP contribution in [-0.2, 0) is 21.2 Å². The fourth-order valence-electron chi connectivity index (χ4n) is 2.16. The first-order valence-electron chi connectivity index (χ1n) is 7.34. The number of nitrogens with one attached hydrogen (secondary N) is 1. The number of hydrogen-bond acceptors (Lipinski definition) is 3. The number of sulfonamides is 1. The van der Waals surface area contributed by atoms with Crippen LogP contribution in [0.3, 0.4) is 0 Å². The minimum absolute atomic E-state index is 0.0505. The number of benzene rings is 2. The highest BCUT2D eigenvalue weighted by molar-refractivity contribution is 7.92. The van der Waals surface area contributed by atoms with Crippen molar-refractivity contribution in [3.05, 3.63) is 60.2 Å². The highest BCUT2D eigenvalue weighted by Gasteiger charge is 2.20. The van der Waals surface area contributed by atoms with Crippen LogP contribution in [0, 0.1) is 0 Å². The molecule has 0 radical (unpaired) electrons. The topological polar surface area (TPSA) is 66.5 Å². The van der Waals surface area contributed by atoms with Crippen LogP contribution in [0.15, 0.2) is 59.5 Å². The maximum Gasteiger partial charge on any atom is 0.264 e. The number of rotatable bonds is 6. The molecule has 6 heteroatoms. The number of nitrogens with zero attached hydrogens (tertiary/aromatic N) is 1. The highest BCUT2D eigenvalue weighted by atomic mass is 32.2. The fraction of sp³-hybridized carbons (Fsp3) is 0.235. The zero-order valence-corrected chi connectivity index (χ0v) is 14.0. The van der Waals surface area contributed by atoms with E-state index in [2.05, 4.69) is 5.32 Å². The second kappa shape index (κ2) is 7.28. The van der Waals surface area contributed by atoms with E-state index in [0.29, 0.717) is 12.2 Å². The van der Waals surface area contributed by atoms with E-state index in [0.717, 1.165) is 5.56 Å². The van der Waals surface area contributed by atoms with Crippen molar-refractivity contribution in [3.8, 4) is 0 Å². The van der Waals surface area contributed by atoms with Crippen molar-refractivity contribution < 1.29 is 13.2 Å². The van der Waals surface area contributed by atoms with Crippen LogP contribution in [0.4, 0.5) is 5.69 Å². The summed E-state index contributed by atoms with van der Waals surface area (Å²) >= 11 is 0. The Bertz CT molecular complexity index is 756. The van der Waals surface area contributed by atoms with Crippen LogP contribution >= 0.6 is 0 Å². The summed E-state index contributed by atoms with van der Waals surface area (Å²) in [5.74, 6) is -0.0505. The fourth-order valence-corrected chi connectivity index (χ4v) is 3.37. The molecule has 0 fully saturated rings. The van der Waals surface area contributed by atoms with Crippen LogP contribution in [0.5, 0.6) is 0 Å². The molecule has 0 heterocycles. The molecule has 2 aromatic rings. The third-order valence-electron chi connectivity index (χ3n) is 3.44. The number of amides is 1. The smallest absolute Gasteiger partial charge is 0.264 e.